The van der Waals surface area contributed by atoms with E-state index in [0.29, 0.717) is 30.6 Å². The maximum absolute atomic E-state index is 12.7. The van der Waals surface area contributed by atoms with Crippen molar-refractivity contribution in [2.75, 3.05) is 6.61 Å². The molecule has 2 aromatic rings. The lowest BCUT2D eigenvalue weighted by Gasteiger charge is -2.18. The number of ketones is 1. The lowest BCUT2D eigenvalue weighted by Crippen LogP contribution is -2.27. The van der Waals surface area contributed by atoms with Crippen molar-refractivity contribution in [1.82, 2.24) is 4.57 Å². The number of hydrogen-bond donors (Lipinski definition) is 0. The molecule has 1 unspecified atom stereocenters. The van der Waals surface area contributed by atoms with E-state index in [-0.39, 0.29) is 12.4 Å². The third kappa shape index (κ3) is 4.08. The molecule has 0 bridgehead atoms. The van der Waals surface area contributed by atoms with Gasteiger partial charge in [-0.3, -0.25) is 9.59 Å². The van der Waals surface area contributed by atoms with Crippen molar-refractivity contribution in [2.24, 2.45) is 0 Å². The minimum absolute atomic E-state index is 0.0852. The molecule has 0 amide bonds. The first-order valence-corrected chi connectivity index (χ1v) is 9.38. The molecular formula is C21H23NO6. The van der Waals surface area contributed by atoms with Crippen LogP contribution in [0.5, 0.6) is 0 Å². The molecule has 0 N–H and O–H groups in total. The lowest BCUT2D eigenvalue weighted by atomic mass is 10.1. The van der Waals surface area contributed by atoms with Gasteiger partial charge in [-0.2, -0.15) is 0 Å². The second kappa shape index (κ2) is 8.73. The van der Waals surface area contributed by atoms with Crippen LogP contribution in [0.3, 0.4) is 0 Å². The zero-order chi connectivity index (χ0) is 20.1. The van der Waals surface area contributed by atoms with Gasteiger partial charge in [0.05, 0.1) is 18.2 Å². The highest BCUT2D eigenvalue weighted by Gasteiger charge is 2.34. The highest BCUT2D eigenvalue weighted by molar-refractivity contribution is 6.08. The number of aromatic nitrogens is 1. The monoisotopic (exact) mass is 385 g/mol. The van der Waals surface area contributed by atoms with Gasteiger partial charge in [0.2, 0.25) is 5.78 Å². The minimum atomic E-state index is -0.999. The van der Waals surface area contributed by atoms with Gasteiger partial charge < -0.3 is 18.8 Å². The van der Waals surface area contributed by atoms with Crippen LogP contribution in [0.4, 0.5) is 4.79 Å². The summed E-state index contributed by atoms with van der Waals surface area (Å²) in [5.74, 6) is -1.07. The Morgan fingerprint density at radius 3 is 2.50 bits per heavy atom. The Labute approximate surface area is 163 Å². The van der Waals surface area contributed by atoms with Crippen molar-refractivity contribution >= 4 is 17.9 Å². The van der Waals surface area contributed by atoms with Gasteiger partial charge in [0, 0.05) is 24.2 Å². The molecule has 148 valence electrons. The Bertz CT molecular complexity index is 857. The molecule has 7 heteroatoms. The van der Waals surface area contributed by atoms with Crippen molar-refractivity contribution in [2.45, 2.75) is 45.4 Å². The number of rotatable bonds is 7. The van der Waals surface area contributed by atoms with Gasteiger partial charge in [0.25, 0.3) is 6.29 Å². The normalized spacial score (nSPS) is 16.1. The Balaban J connectivity index is 1.71. The van der Waals surface area contributed by atoms with Crippen LogP contribution in [0.2, 0.25) is 0 Å². The second-order valence-electron chi connectivity index (χ2n) is 6.41. The van der Waals surface area contributed by atoms with Gasteiger partial charge in [0.15, 0.2) is 0 Å². The number of fused-ring (bicyclic) bond motifs is 1. The van der Waals surface area contributed by atoms with Gasteiger partial charge in [-0.15, -0.1) is 0 Å². The van der Waals surface area contributed by atoms with E-state index in [1.807, 2.05) is 22.8 Å². The Morgan fingerprint density at radius 1 is 1.07 bits per heavy atom. The molecule has 3 rings (SSSR count). The first-order valence-electron chi connectivity index (χ1n) is 9.38. The molecule has 7 nitrogen and oxygen atoms in total. The molecule has 0 spiro atoms. The summed E-state index contributed by atoms with van der Waals surface area (Å²) in [6, 6.07) is 12.5. The summed E-state index contributed by atoms with van der Waals surface area (Å²) in [6.07, 6.45) is -1.02. The Hall–Kier alpha value is -3.09. The summed E-state index contributed by atoms with van der Waals surface area (Å²) in [4.78, 5) is 36.8. The van der Waals surface area contributed by atoms with Crippen LogP contribution in [-0.2, 0) is 25.5 Å². The van der Waals surface area contributed by atoms with Crippen LogP contribution < -0.4 is 0 Å². The van der Waals surface area contributed by atoms with E-state index in [4.69, 9.17) is 14.2 Å². The smallest absolute Gasteiger partial charge is 0.435 e. The molecule has 1 aliphatic rings. The number of esters is 1. The minimum Gasteiger partial charge on any atom is -0.435 e. The molecule has 2 atom stereocenters. The number of carbonyl (C=O) groups is 3. The topological polar surface area (TPSA) is 83.8 Å². The fourth-order valence-electron chi connectivity index (χ4n) is 3.28. The molecule has 0 radical (unpaired) electrons. The molecule has 0 saturated heterocycles. The van der Waals surface area contributed by atoms with Crippen LogP contribution in [0, 0.1) is 0 Å². The maximum Gasteiger partial charge on any atom is 0.511 e. The van der Waals surface area contributed by atoms with Gasteiger partial charge >= 0.3 is 12.1 Å². The molecule has 0 saturated carbocycles. The summed E-state index contributed by atoms with van der Waals surface area (Å²) in [6.45, 7) is 4.13. The molecule has 2 heterocycles. The van der Waals surface area contributed by atoms with E-state index in [9.17, 15) is 14.4 Å². The molecule has 1 aliphatic heterocycles. The third-order valence-electron chi connectivity index (χ3n) is 4.64. The first kappa shape index (κ1) is 19.7. The van der Waals surface area contributed by atoms with Crippen LogP contribution in [0.15, 0.2) is 42.5 Å². The van der Waals surface area contributed by atoms with Crippen LogP contribution in [-0.4, -0.2) is 35.4 Å². The van der Waals surface area contributed by atoms with E-state index < -0.39 is 24.3 Å². The van der Waals surface area contributed by atoms with Crippen LogP contribution >= 0.6 is 0 Å². The van der Waals surface area contributed by atoms with Gasteiger partial charge in [-0.05, 0) is 25.5 Å². The zero-order valence-electron chi connectivity index (χ0n) is 15.9. The van der Waals surface area contributed by atoms with E-state index >= 15 is 0 Å². The standard InChI is InChI=1S/C21H23NO6/c1-3-18(28-21(25)26-4-2)27-20(24)15-12-13-22-16(15)10-11-17(22)19(23)14-8-6-5-7-9-14/h5-11,15,18H,3-4,12-13H2,1-2H3/t15-,18?/m0/s1. The van der Waals surface area contributed by atoms with E-state index in [1.165, 1.54) is 0 Å². The van der Waals surface area contributed by atoms with Gasteiger partial charge in [-0.25, -0.2) is 4.79 Å². The molecular weight excluding hydrogens is 362 g/mol. The summed E-state index contributed by atoms with van der Waals surface area (Å²) in [5, 5.41) is 0. The first-order chi connectivity index (χ1) is 13.5. The average Bonchev–Trinajstić information content (AvgIpc) is 3.29. The fraction of sp³-hybridized carbons (Fsp3) is 0.381. The number of nitrogens with zero attached hydrogens (tertiary/aromatic N) is 1. The van der Waals surface area contributed by atoms with Crippen molar-refractivity contribution in [3.8, 4) is 0 Å². The average molecular weight is 385 g/mol. The number of ether oxygens (including phenoxy) is 3. The van der Waals surface area contributed by atoms with Crippen molar-refractivity contribution in [3.05, 3.63) is 59.4 Å². The van der Waals surface area contributed by atoms with E-state index in [2.05, 4.69) is 0 Å². The predicted molar refractivity (Wildman–Crippen MR) is 99.9 cm³/mol. The lowest BCUT2D eigenvalue weighted by molar-refractivity contribution is -0.173. The summed E-state index contributed by atoms with van der Waals surface area (Å²) < 4.78 is 16.9. The largest absolute Gasteiger partial charge is 0.511 e. The highest BCUT2D eigenvalue weighted by Crippen LogP contribution is 2.32. The zero-order valence-corrected chi connectivity index (χ0v) is 15.9. The van der Waals surface area contributed by atoms with E-state index in [1.54, 1.807) is 38.1 Å². The molecule has 0 fully saturated rings. The third-order valence-corrected chi connectivity index (χ3v) is 4.64. The van der Waals surface area contributed by atoms with E-state index in [0.717, 1.165) is 5.69 Å². The van der Waals surface area contributed by atoms with Crippen molar-refractivity contribution < 1.29 is 28.6 Å². The van der Waals surface area contributed by atoms with Gasteiger partial charge in [0.1, 0.15) is 0 Å². The summed E-state index contributed by atoms with van der Waals surface area (Å²) in [5.41, 5.74) is 1.88. The predicted octanol–water partition coefficient (Wildman–Crippen LogP) is 3.66. The van der Waals surface area contributed by atoms with Crippen LogP contribution in [0.25, 0.3) is 0 Å². The number of hydrogen-bond acceptors (Lipinski definition) is 6. The molecule has 1 aromatic carbocycles. The Morgan fingerprint density at radius 2 is 1.82 bits per heavy atom. The maximum atomic E-state index is 12.7. The fourth-order valence-corrected chi connectivity index (χ4v) is 3.28. The van der Waals surface area contributed by atoms with Gasteiger partial charge in [-0.1, -0.05) is 37.3 Å². The second-order valence-corrected chi connectivity index (χ2v) is 6.41. The van der Waals surface area contributed by atoms with Crippen LogP contribution in [0.1, 0.15) is 54.4 Å². The molecule has 0 aliphatic carbocycles. The quantitative estimate of drug-likeness (QED) is 0.411. The molecule has 1 aromatic heterocycles. The summed E-state index contributed by atoms with van der Waals surface area (Å²) >= 11 is 0. The SMILES string of the molecule is CCOC(=O)OC(CC)OC(=O)[C@H]1CCn2c(C(=O)c3ccccc3)ccc21. The molecule has 28 heavy (non-hydrogen) atoms. The Kier molecular flexibility index (Phi) is 6.13. The number of carbonyl (C=O) groups excluding carboxylic acids is 3. The van der Waals surface area contributed by atoms with Crippen molar-refractivity contribution in [3.63, 3.8) is 0 Å². The van der Waals surface area contributed by atoms with Crippen molar-refractivity contribution in [1.29, 1.82) is 0 Å². The number of benzene rings is 1. The highest BCUT2D eigenvalue weighted by atomic mass is 16.8. The summed E-state index contributed by atoms with van der Waals surface area (Å²) in [7, 11) is 0.